The third-order valence-electron chi connectivity index (χ3n) is 3.06. The maximum atomic E-state index is 12.2. The van der Waals surface area contributed by atoms with Crippen LogP contribution < -0.4 is 11.1 Å². The van der Waals surface area contributed by atoms with E-state index in [9.17, 15) is 4.79 Å². The van der Waals surface area contributed by atoms with Crippen LogP contribution in [0.5, 0.6) is 0 Å². The molecule has 21 heavy (non-hydrogen) atoms. The summed E-state index contributed by atoms with van der Waals surface area (Å²) in [5.41, 5.74) is 10.1. The Morgan fingerprint density at radius 2 is 1.90 bits per heavy atom. The zero-order chi connectivity index (χ0) is 14.7. The van der Waals surface area contributed by atoms with Gasteiger partial charge in [-0.2, -0.15) is 0 Å². The summed E-state index contributed by atoms with van der Waals surface area (Å²) in [6.45, 7) is 6.59. The van der Waals surface area contributed by atoms with E-state index in [2.05, 4.69) is 22.4 Å². The summed E-state index contributed by atoms with van der Waals surface area (Å²) in [5.74, 6) is -0.167. The summed E-state index contributed by atoms with van der Waals surface area (Å²) >= 11 is 1.47. The number of carbonyl (C=O) groups is 1. The van der Waals surface area contributed by atoms with Gasteiger partial charge in [-0.3, -0.25) is 4.79 Å². The molecule has 4 nitrogen and oxygen atoms in total. The van der Waals surface area contributed by atoms with Crippen molar-refractivity contribution in [3.63, 3.8) is 0 Å². The number of hydrogen-bond donors (Lipinski definition) is 2. The van der Waals surface area contributed by atoms with Gasteiger partial charge in [-0.15, -0.1) is 23.7 Å². The standard InChI is InChI=1S/C15H19N3OS.ClH/c1-9-6-10(2)14(11(3)7-9)18-15(19)12-8-20-13(17-12)4-5-16;/h6-8H,4-5,16H2,1-3H3,(H,18,19);1H. The molecule has 0 aliphatic rings. The van der Waals surface area contributed by atoms with Crippen molar-refractivity contribution < 1.29 is 4.79 Å². The highest BCUT2D eigenvalue weighted by Gasteiger charge is 2.13. The van der Waals surface area contributed by atoms with Gasteiger partial charge in [0.25, 0.3) is 5.91 Å². The van der Waals surface area contributed by atoms with Crippen molar-refractivity contribution in [2.45, 2.75) is 27.2 Å². The lowest BCUT2D eigenvalue weighted by Crippen LogP contribution is -2.14. The topological polar surface area (TPSA) is 68.0 Å². The molecule has 6 heteroatoms. The molecule has 0 atom stereocenters. The minimum atomic E-state index is -0.167. The van der Waals surface area contributed by atoms with E-state index in [-0.39, 0.29) is 18.3 Å². The Labute approximate surface area is 135 Å². The van der Waals surface area contributed by atoms with E-state index >= 15 is 0 Å². The van der Waals surface area contributed by atoms with E-state index in [0.717, 1.165) is 21.8 Å². The van der Waals surface area contributed by atoms with E-state index in [1.165, 1.54) is 16.9 Å². The van der Waals surface area contributed by atoms with E-state index in [1.807, 2.05) is 20.8 Å². The second-order valence-electron chi connectivity index (χ2n) is 4.89. The quantitative estimate of drug-likeness (QED) is 0.906. The number of hydrogen-bond acceptors (Lipinski definition) is 4. The van der Waals surface area contributed by atoms with Crippen molar-refractivity contribution in [2.24, 2.45) is 5.73 Å². The summed E-state index contributed by atoms with van der Waals surface area (Å²) in [5, 5.41) is 5.63. The number of nitrogens with two attached hydrogens (primary N) is 1. The van der Waals surface area contributed by atoms with Gasteiger partial charge in [-0.25, -0.2) is 4.98 Å². The fraction of sp³-hybridized carbons (Fsp3) is 0.333. The third kappa shape index (κ3) is 4.27. The number of nitrogens with zero attached hydrogens (tertiary/aromatic N) is 1. The molecule has 2 rings (SSSR count). The molecule has 0 radical (unpaired) electrons. The molecule has 1 heterocycles. The number of carbonyl (C=O) groups excluding carboxylic acids is 1. The largest absolute Gasteiger partial charge is 0.330 e. The molecule has 1 amide bonds. The van der Waals surface area contributed by atoms with E-state index < -0.39 is 0 Å². The number of thiazole rings is 1. The molecule has 1 aromatic carbocycles. The van der Waals surface area contributed by atoms with Gasteiger partial charge in [0.2, 0.25) is 0 Å². The first-order valence-corrected chi connectivity index (χ1v) is 7.43. The maximum absolute atomic E-state index is 12.2. The van der Waals surface area contributed by atoms with Gasteiger partial charge in [0.1, 0.15) is 5.69 Å². The molecule has 114 valence electrons. The molecule has 1 aromatic heterocycles. The van der Waals surface area contributed by atoms with Gasteiger partial charge in [-0.05, 0) is 38.4 Å². The van der Waals surface area contributed by atoms with Crippen molar-refractivity contribution >= 4 is 35.3 Å². The molecular weight excluding hydrogens is 306 g/mol. The first-order valence-electron chi connectivity index (χ1n) is 6.55. The summed E-state index contributed by atoms with van der Waals surface area (Å²) in [7, 11) is 0. The zero-order valence-corrected chi connectivity index (χ0v) is 14.0. The van der Waals surface area contributed by atoms with Crippen molar-refractivity contribution in [3.05, 3.63) is 44.9 Å². The third-order valence-corrected chi connectivity index (χ3v) is 3.97. The lowest BCUT2D eigenvalue weighted by atomic mass is 10.1. The minimum Gasteiger partial charge on any atom is -0.330 e. The second kappa shape index (κ2) is 7.54. The minimum absolute atomic E-state index is 0. The summed E-state index contributed by atoms with van der Waals surface area (Å²) in [6, 6.07) is 4.12. The Kier molecular flexibility index (Phi) is 6.33. The van der Waals surface area contributed by atoms with Crippen LogP contribution in [0.3, 0.4) is 0 Å². The first kappa shape index (κ1) is 17.6. The molecule has 3 N–H and O–H groups in total. The van der Waals surface area contributed by atoms with Crippen LogP contribution in [-0.2, 0) is 6.42 Å². The highest BCUT2D eigenvalue weighted by molar-refractivity contribution is 7.09. The number of amides is 1. The molecule has 0 saturated carbocycles. The molecule has 0 saturated heterocycles. The molecule has 0 aliphatic heterocycles. The highest BCUT2D eigenvalue weighted by atomic mass is 35.5. The Balaban J connectivity index is 0.00000220. The predicted molar refractivity (Wildman–Crippen MR) is 90.7 cm³/mol. The van der Waals surface area contributed by atoms with Gasteiger partial charge in [0.05, 0.1) is 5.01 Å². The number of benzene rings is 1. The molecule has 2 aromatic rings. The number of aryl methyl sites for hydroxylation is 3. The summed E-state index contributed by atoms with van der Waals surface area (Å²) in [4.78, 5) is 16.5. The van der Waals surface area contributed by atoms with Gasteiger partial charge >= 0.3 is 0 Å². The SMILES string of the molecule is Cc1cc(C)c(NC(=O)c2csc(CCN)n2)c(C)c1.Cl. The molecular formula is C15H20ClN3OS. The first-order chi connectivity index (χ1) is 9.51. The molecule has 0 fully saturated rings. The Bertz CT molecular complexity index is 617. The number of rotatable bonds is 4. The normalized spacial score (nSPS) is 10.1. The van der Waals surface area contributed by atoms with Crippen LogP contribution in [0.2, 0.25) is 0 Å². The Hall–Kier alpha value is -1.43. The van der Waals surface area contributed by atoms with Gasteiger partial charge in [0.15, 0.2) is 0 Å². The van der Waals surface area contributed by atoms with Crippen molar-refractivity contribution in [3.8, 4) is 0 Å². The number of halogens is 1. The molecule has 0 unspecified atom stereocenters. The van der Waals surface area contributed by atoms with E-state index in [1.54, 1.807) is 5.38 Å². The van der Waals surface area contributed by atoms with Crippen LogP contribution in [0.25, 0.3) is 0 Å². The van der Waals surface area contributed by atoms with Crippen LogP contribution >= 0.6 is 23.7 Å². The van der Waals surface area contributed by atoms with Crippen LogP contribution in [0.15, 0.2) is 17.5 Å². The highest BCUT2D eigenvalue weighted by Crippen LogP contribution is 2.23. The summed E-state index contributed by atoms with van der Waals surface area (Å²) < 4.78 is 0. The van der Waals surface area contributed by atoms with Crippen molar-refractivity contribution in [1.29, 1.82) is 0 Å². The Morgan fingerprint density at radius 3 is 2.48 bits per heavy atom. The van der Waals surface area contributed by atoms with Gasteiger partial charge < -0.3 is 11.1 Å². The zero-order valence-electron chi connectivity index (χ0n) is 12.4. The molecule has 0 aliphatic carbocycles. The van der Waals surface area contributed by atoms with E-state index in [4.69, 9.17) is 5.73 Å². The lowest BCUT2D eigenvalue weighted by molar-refractivity contribution is 0.102. The van der Waals surface area contributed by atoms with Crippen molar-refractivity contribution in [1.82, 2.24) is 4.98 Å². The number of aromatic nitrogens is 1. The van der Waals surface area contributed by atoms with Gasteiger partial charge in [0, 0.05) is 17.5 Å². The van der Waals surface area contributed by atoms with Gasteiger partial charge in [-0.1, -0.05) is 17.7 Å². The summed E-state index contributed by atoms with van der Waals surface area (Å²) in [6.07, 6.45) is 0.709. The Morgan fingerprint density at radius 1 is 1.29 bits per heavy atom. The predicted octanol–water partition coefficient (Wildman–Crippen LogP) is 3.24. The van der Waals surface area contributed by atoms with Crippen LogP contribution in [0.4, 0.5) is 5.69 Å². The van der Waals surface area contributed by atoms with Crippen LogP contribution in [-0.4, -0.2) is 17.4 Å². The molecule has 0 spiro atoms. The van der Waals surface area contributed by atoms with E-state index in [0.29, 0.717) is 18.7 Å². The lowest BCUT2D eigenvalue weighted by Gasteiger charge is -2.11. The average Bonchev–Trinajstić information content (AvgIpc) is 2.82. The van der Waals surface area contributed by atoms with Crippen LogP contribution in [0.1, 0.15) is 32.2 Å². The van der Waals surface area contributed by atoms with Crippen molar-refractivity contribution in [2.75, 3.05) is 11.9 Å². The average molecular weight is 326 g/mol. The smallest absolute Gasteiger partial charge is 0.275 e. The molecule has 0 bridgehead atoms. The fourth-order valence-corrected chi connectivity index (χ4v) is 3.00. The second-order valence-corrected chi connectivity index (χ2v) is 5.84. The number of anilines is 1. The van der Waals surface area contributed by atoms with Crippen LogP contribution in [0, 0.1) is 20.8 Å². The monoisotopic (exact) mass is 325 g/mol. The number of nitrogens with one attached hydrogen (secondary N) is 1. The fourth-order valence-electron chi connectivity index (χ4n) is 2.21. The maximum Gasteiger partial charge on any atom is 0.275 e.